The molecule has 31 heavy (non-hydrogen) atoms. The summed E-state index contributed by atoms with van der Waals surface area (Å²) in [5, 5.41) is 3.10. The number of hydrogen-bond acceptors (Lipinski definition) is 2. The monoisotopic (exact) mass is 504 g/mol. The fourth-order valence-electron chi connectivity index (χ4n) is 4.24. The van der Waals surface area contributed by atoms with Crippen molar-refractivity contribution in [2.24, 2.45) is 17.8 Å². The maximum Gasteiger partial charge on any atom is 0.251 e. The Kier molecular flexibility index (Phi) is 8.87. The van der Waals surface area contributed by atoms with Gasteiger partial charge in [-0.25, -0.2) is 8.51 Å². The molecule has 2 aromatic carbocycles. The summed E-state index contributed by atoms with van der Waals surface area (Å²) in [6.45, 7) is 5.89. The highest BCUT2D eigenvalue weighted by molar-refractivity contribution is 9.10. The van der Waals surface area contributed by atoms with Gasteiger partial charge in [0.2, 0.25) is 0 Å². The molecular weight excluding hydrogens is 472 g/mol. The smallest absolute Gasteiger partial charge is 0.251 e. The molecule has 0 spiro atoms. The number of halogens is 1. The number of benzene rings is 2. The van der Waals surface area contributed by atoms with Gasteiger partial charge in [0.1, 0.15) is 11.0 Å². The molecular formula is C25H33BrN2O2S. The van der Waals surface area contributed by atoms with Crippen molar-refractivity contribution in [3.05, 3.63) is 64.1 Å². The van der Waals surface area contributed by atoms with Crippen LogP contribution in [0.15, 0.2) is 57.9 Å². The molecule has 6 heteroatoms. The van der Waals surface area contributed by atoms with E-state index in [1.54, 1.807) is 16.4 Å². The maximum absolute atomic E-state index is 13.1. The van der Waals surface area contributed by atoms with Crippen LogP contribution < -0.4 is 5.32 Å². The lowest BCUT2D eigenvalue weighted by Crippen LogP contribution is -2.32. The molecule has 4 nitrogen and oxygen atoms in total. The molecule has 3 rings (SSSR count). The second-order valence-electron chi connectivity index (χ2n) is 8.90. The first-order valence-electron chi connectivity index (χ1n) is 11.1. The van der Waals surface area contributed by atoms with Gasteiger partial charge in [-0.3, -0.25) is 4.79 Å². The zero-order valence-corrected chi connectivity index (χ0v) is 21.0. The Morgan fingerprint density at radius 1 is 1.13 bits per heavy atom. The van der Waals surface area contributed by atoms with E-state index in [-0.39, 0.29) is 5.91 Å². The highest BCUT2D eigenvalue weighted by atomic mass is 79.9. The van der Waals surface area contributed by atoms with Crippen LogP contribution in [-0.4, -0.2) is 28.0 Å². The summed E-state index contributed by atoms with van der Waals surface area (Å²) in [5.41, 5.74) is 1.64. The van der Waals surface area contributed by atoms with E-state index < -0.39 is 11.0 Å². The predicted molar refractivity (Wildman–Crippen MR) is 131 cm³/mol. The summed E-state index contributed by atoms with van der Waals surface area (Å²) in [7, 11) is 0.452. The summed E-state index contributed by atoms with van der Waals surface area (Å²) in [4.78, 5) is 13.4. The highest BCUT2D eigenvalue weighted by Crippen LogP contribution is 2.33. The second kappa shape index (κ2) is 11.4. The quantitative estimate of drug-likeness (QED) is 0.493. The summed E-state index contributed by atoms with van der Waals surface area (Å²) in [5.74, 6) is 2.03. The molecule has 1 aliphatic rings. The molecule has 0 radical (unpaired) electrons. The molecule has 1 N–H and O–H groups in total. The fourth-order valence-corrected chi connectivity index (χ4v) is 5.97. The van der Waals surface area contributed by atoms with Crippen LogP contribution in [0, 0.1) is 17.8 Å². The Hall–Kier alpha value is -1.50. The van der Waals surface area contributed by atoms with Crippen LogP contribution in [0.2, 0.25) is 0 Å². The van der Waals surface area contributed by atoms with E-state index in [2.05, 4.69) is 35.1 Å². The summed E-state index contributed by atoms with van der Waals surface area (Å²) in [6, 6.07) is 15.3. The number of hydrogen-bond donors (Lipinski definition) is 1. The van der Waals surface area contributed by atoms with Gasteiger partial charge in [-0.1, -0.05) is 44.2 Å². The molecule has 1 aliphatic carbocycles. The third-order valence-corrected chi connectivity index (χ3v) is 8.66. The lowest BCUT2D eigenvalue weighted by Gasteiger charge is -2.30. The van der Waals surface area contributed by atoms with Gasteiger partial charge in [-0.2, -0.15) is 0 Å². The molecule has 0 bridgehead atoms. The van der Waals surface area contributed by atoms with E-state index >= 15 is 0 Å². The van der Waals surface area contributed by atoms with Crippen molar-refractivity contribution < 1.29 is 9.00 Å². The minimum absolute atomic E-state index is 0.0950. The third-order valence-electron chi connectivity index (χ3n) is 6.30. The van der Waals surface area contributed by atoms with Gasteiger partial charge in [-0.15, -0.1) is 0 Å². The number of rotatable bonds is 8. The van der Waals surface area contributed by atoms with Crippen molar-refractivity contribution in [3.63, 3.8) is 0 Å². The Labute approximate surface area is 197 Å². The number of nitrogens with one attached hydrogen (secondary N) is 1. The summed E-state index contributed by atoms with van der Waals surface area (Å²) < 4.78 is 15.6. The molecule has 0 aromatic heterocycles. The van der Waals surface area contributed by atoms with E-state index in [1.807, 2.05) is 43.4 Å². The van der Waals surface area contributed by atoms with Crippen molar-refractivity contribution >= 4 is 32.8 Å². The molecule has 0 saturated heterocycles. The molecule has 1 unspecified atom stereocenters. The van der Waals surface area contributed by atoms with Crippen molar-refractivity contribution in [3.8, 4) is 0 Å². The van der Waals surface area contributed by atoms with Crippen LogP contribution in [0.4, 0.5) is 0 Å². The zero-order chi connectivity index (χ0) is 22.4. The Morgan fingerprint density at radius 3 is 2.45 bits per heavy atom. The fraction of sp³-hybridized carbons (Fsp3) is 0.480. The van der Waals surface area contributed by atoms with Gasteiger partial charge in [0.05, 0.1) is 4.90 Å². The normalized spacial score (nSPS) is 20.1. The number of amides is 1. The number of nitrogens with zero attached hydrogens (tertiary/aromatic N) is 1. The number of carbonyl (C=O) groups excluding carboxylic acids is 1. The molecule has 0 heterocycles. The van der Waals surface area contributed by atoms with Gasteiger partial charge in [-0.05, 0) is 83.1 Å². The van der Waals surface area contributed by atoms with E-state index in [9.17, 15) is 9.00 Å². The minimum atomic E-state index is -1.38. The van der Waals surface area contributed by atoms with Crippen molar-refractivity contribution in [2.75, 3.05) is 13.6 Å². The molecule has 0 aliphatic heterocycles. The van der Waals surface area contributed by atoms with Gasteiger partial charge >= 0.3 is 0 Å². The standard InChI is InChI=1S/C25H33BrN2O2S/c1-18(2)21-11-9-19(10-12-21)16-27-25(29)22-13-14-23(26)24(15-22)31(30)28(3)17-20-7-5-4-6-8-20/h4-8,13-15,18-19,21H,9-12,16-17H2,1-3H3,(H,27,29). The van der Waals surface area contributed by atoms with Gasteiger partial charge in [0.25, 0.3) is 5.91 Å². The van der Waals surface area contributed by atoms with E-state index in [4.69, 9.17) is 0 Å². The highest BCUT2D eigenvalue weighted by Gasteiger charge is 2.24. The predicted octanol–water partition coefficient (Wildman–Crippen LogP) is 5.80. The van der Waals surface area contributed by atoms with Crippen LogP contribution in [0.25, 0.3) is 0 Å². The summed E-state index contributed by atoms with van der Waals surface area (Å²) in [6.07, 6.45) is 4.88. The van der Waals surface area contributed by atoms with E-state index in [1.165, 1.54) is 25.7 Å². The lowest BCUT2D eigenvalue weighted by atomic mass is 9.77. The Morgan fingerprint density at radius 2 is 1.81 bits per heavy atom. The van der Waals surface area contributed by atoms with Gasteiger partial charge in [0, 0.05) is 30.2 Å². The molecule has 1 amide bonds. The van der Waals surface area contributed by atoms with Crippen LogP contribution in [0.1, 0.15) is 55.5 Å². The minimum Gasteiger partial charge on any atom is -0.352 e. The SMILES string of the molecule is CC(C)C1CCC(CNC(=O)c2ccc(Br)c(S(=O)N(C)Cc3ccccc3)c2)CC1. The van der Waals surface area contributed by atoms with Crippen LogP contribution in [-0.2, 0) is 17.5 Å². The van der Waals surface area contributed by atoms with E-state index in [0.717, 1.165) is 21.9 Å². The molecule has 1 fully saturated rings. The first-order chi connectivity index (χ1) is 14.8. The molecule has 1 atom stereocenters. The number of carbonyl (C=O) groups is 1. The Bertz CT molecular complexity index is 896. The zero-order valence-electron chi connectivity index (χ0n) is 18.6. The van der Waals surface area contributed by atoms with Crippen molar-refractivity contribution in [2.45, 2.75) is 51.0 Å². The van der Waals surface area contributed by atoms with Crippen LogP contribution >= 0.6 is 15.9 Å². The second-order valence-corrected chi connectivity index (χ2v) is 11.3. The average molecular weight is 506 g/mol. The molecule has 1 saturated carbocycles. The average Bonchev–Trinajstić information content (AvgIpc) is 2.78. The van der Waals surface area contributed by atoms with Crippen LogP contribution in [0.5, 0.6) is 0 Å². The molecule has 2 aromatic rings. The summed E-state index contributed by atoms with van der Waals surface area (Å²) >= 11 is 3.50. The lowest BCUT2D eigenvalue weighted by molar-refractivity contribution is 0.0939. The molecule has 168 valence electrons. The van der Waals surface area contributed by atoms with Crippen molar-refractivity contribution in [1.29, 1.82) is 0 Å². The third kappa shape index (κ3) is 6.74. The van der Waals surface area contributed by atoms with Gasteiger partial charge in [0.15, 0.2) is 0 Å². The van der Waals surface area contributed by atoms with Gasteiger partial charge < -0.3 is 5.32 Å². The first-order valence-corrected chi connectivity index (χ1v) is 13.0. The van der Waals surface area contributed by atoms with Crippen molar-refractivity contribution in [1.82, 2.24) is 9.62 Å². The first kappa shape index (κ1) is 24.1. The largest absolute Gasteiger partial charge is 0.352 e. The van der Waals surface area contributed by atoms with E-state index in [0.29, 0.717) is 29.5 Å². The van der Waals surface area contributed by atoms with Crippen LogP contribution in [0.3, 0.4) is 0 Å². The topological polar surface area (TPSA) is 49.4 Å². The Balaban J connectivity index is 1.59. The maximum atomic E-state index is 13.1.